The maximum Gasteiger partial charge on any atom is 0.248 e. The van der Waals surface area contributed by atoms with Crippen molar-refractivity contribution in [2.45, 2.75) is 71.3 Å². The second-order valence-electron chi connectivity index (χ2n) is 14.1. The van der Waals surface area contributed by atoms with Crippen molar-refractivity contribution in [3.63, 3.8) is 0 Å². The molecule has 210 valence electrons. The van der Waals surface area contributed by atoms with Gasteiger partial charge in [0.1, 0.15) is 11.9 Å². The minimum Gasteiger partial charge on any atom is -0.383 e. The van der Waals surface area contributed by atoms with E-state index in [0.717, 1.165) is 69.8 Å². The van der Waals surface area contributed by atoms with Crippen LogP contribution in [0.4, 0.5) is 5.82 Å². The summed E-state index contributed by atoms with van der Waals surface area (Å²) < 4.78 is 0. The second kappa shape index (κ2) is 9.78. The summed E-state index contributed by atoms with van der Waals surface area (Å²) in [6, 6.07) is 3.18. The monoisotopic (exact) mass is 531 g/mol. The molecule has 3 saturated heterocycles. The molecule has 3 aliphatic heterocycles. The highest BCUT2D eigenvalue weighted by atomic mass is 16.2. The van der Waals surface area contributed by atoms with E-state index in [4.69, 9.17) is 4.98 Å². The van der Waals surface area contributed by atoms with Gasteiger partial charge in [-0.25, -0.2) is 4.98 Å². The number of aromatic nitrogens is 1. The summed E-state index contributed by atoms with van der Waals surface area (Å²) in [7, 11) is 3.86. The van der Waals surface area contributed by atoms with Gasteiger partial charge < -0.3 is 14.7 Å². The SMILES string of the molecule is CC1CCC2NNCC2C1c1c(C#N)c(N2CCC3(CN(C(=O)/C=C/N(C)C)C3)C2)nc2c1CCC(C)(C)C2. The first-order chi connectivity index (χ1) is 18.6. The van der Waals surface area contributed by atoms with Crippen LogP contribution >= 0.6 is 0 Å². The third-order valence-corrected chi connectivity index (χ3v) is 10.3. The van der Waals surface area contributed by atoms with E-state index in [1.807, 2.05) is 30.1 Å². The van der Waals surface area contributed by atoms with Gasteiger partial charge in [0.15, 0.2) is 0 Å². The van der Waals surface area contributed by atoms with E-state index >= 15 is 0 Å². The molecule has 1 amide bonds. The first-order valence-corrected chi connectivity index (χ1v) is 14.9. The Hall–Kier alpha value is -2.63. The number of nitrogens with zero attached hydrogens (tertiary/aromatic N) is 5. The topological polar surface area (TPSA) is 87.5 Å². The zero-order valence-electron chi connectivity index (χ0n) is 24.4. The largest absolute Gasteiger partial charge is 0.383 e. The molecule has 0 bridgehead atoms. The Kier molecular flexibility index (Phi) is 6.67. The zero-order valence-corrected chi connectivity index (χ0v) is 24.4. The summed E-state index contributed by atoms with van der Waals surface area (Å²) >= 11 is 0. The van der Waals surface area contributed by atoms with E-state index in [9.17, 15) is 10.1 Å². The van der Waals surface area contributed by atoms with Crippen molar-refractivity contribution in [1.82, 2.24) is 25.6 Å². The number of hydrazine groups is 1. The molecule has 8 heteroatoms. The van der Waals surface area contributed by atoms with Crippen LogP contribution in [0.25, 0.3) is 0 Å². The molecule has 8 nitrogen and oxygen atoms in total. The van der Waals surface area contributed by atoms with Crippen LogP contribution in [0.2, 0.25) is 0 Å². The molecule has 1 aromatic rings. The average molecular weight is 532 g/mol. The van der Waals surface area contributed by atoms with E-state index in [1.54, 1.807) is 6.08 Å². The van der Waals surface area contributed by atoms with Crippen LogP contribution in [0.5, 0.6) is 0 Å². The molecule has 4 unspecified atom stereocenters. The van der Waals surface area contributed by atoms with Gasteiger partial charge in [-0.05, 0) is 72.8 Å². The Morgan fingerprint density at radius 3 is 2.74 bits per heavy atom. The third-order valence-electron chi connectivity index (χ3n) is 10.3. The molecule has 0 aromatic carbocycles. The summed E-state index contributed by atoms with van der Waals surface area (Å²) in [4.78, 5) is 24.2. The molecule has 0 radical (unpaired) electrons. The number of pyridine rings is 1. The fraction of sp³-hybridized carbons (Fsp3) is 0.710. The first kappa shape index (κ1) is 26.6. The highest BCUT2D eigenvalue weighted by Gasteiger charge is 2.50. The van der Waals surface area contributed by atoms with Gasteiger partial charge in [0.05, 0.1) is 5.56 Å². The lowest BCUT2D eigenvalue weighted by Gasteiger charge is -2.47. The standard InChI is InChI=1S/C31H45N7O/c1-20-6-7-24-23(16-33-35-24)27(20)28-21-8-10-30(2,3)14-25(21)34-29(22(28)15-32)37-13-11-31(17-37)18-38(19-31)26(39)9-12-36(4)5/h9,12,20,23-24,27,33,35H,6-8,10-11,13-14,16-19H2,1-5H3/b12-9+. The minimum absolute atomic E-state index is 0.0848. The number of rotatable bonds is 4. The maximum absolute atomic E-state index is 12.6. The molecule has 5 aliphatic rings. The first-order valence-electron chi connectivity index (χ1n) is 14.9. The van der Waals surface area contributed by atoms with Gasteiger partial charge in [0.25, 0.3) is 0 Å². The van der Waals surface area contributed by atoms with Crippen molar-refractivity contribution in [2.24, 2.45) is 22.7 Å². The average Bonchev–Trinajstić information content (AvgIpc) is 3.52. The van der Waals surface area contributed by atoms with Crippen molar-refractivity contribution in [2.75, 3.05) is 51.7 Å². The van der Waals surface area contributed by atoms with E-state index < -0.39 is 0 Å². The quantitative estimate of drug-likeness (QED) is 0.577. The Balaban J connectivity index is 1.34. The van der Waals surface area contributed by atoms with Crippen LogP contribution in [0.1, 0.15) is 74.8 Å². The highest BCUT2D eigenvalue weighted by molar-refractivity contribution is 5.88. The molecule has 4 fully saturated rings. The Labute approximate surface area is 233 Å². The molecule has 39 heavy (non-hydrogen) atoms. The number of amides is 1. The highest BCUT2D eigenvalue weighted by Crippen LogP contribution is 2.50. The molecule has 2 aliphatic carbocycles. The number of nitriles is 1. The molecular formula is C31H45N7O. The molecule has 4 atom stereocenters. The van der Waals surface area contributed by atoms with Gasteiger partial charge >= 0.3 is 0 Å². The fourth-order valence-corrected chi connectivity index (χ4v) is 8.19. The predicted molar refractivity (Wildman–Crippen MR) is 153 cm³/mol. The Morgan fingerprint density at radius 2 is 2.00 bits per heavy atom. The van der Waals surface area contributed by atoms with Gasteiger partial charge in [0, 0.05) is 76.2 Å². The molecule has 2 N–H and O–H groups in total. The van der Waals surface area contributed by atoms with Gasteiger partial charge in [-0.2, -0.15) is 5.26 Å². The molecule has 1 spiro atoms. The number of fused-ring (bicyclic) bond motifs is 2. The van der Waals surface area contributed by atoms with Gasteiger partial charge in [-0.1, -0.05) is 20.8 Å². The summed E-state index contributed by atoms with van der Waals surface area (Å²) in [5.41, 5.74) is 12.1. The zero-order chi connectivity index (χ0) is 27.5. The van der Waals surface area contributed by atoms with Gasteiger partial charge in [-0.15, -0.1) is 0 Å². The maximum atomic E-state index is 12.6. The van der Waals surface area contributed by atoms with Crippen molar-refractivity contribution in [3.05, 3.63) is 34.7 Å². The summed E-state index contributed by atoms with van der Waals surface area (Å²) in [6.07, 6.45) is 10.0. The lowest BCUT2D eigenvalue weighted by Crippen LogP contribution is -2.59. The lowest BCUT2D eigenvalue weighted by atomic mass is 9.64. The molecular weight excluding hydrogens is 486 g/mol. The molecule has 4 heterocycles. The van der Waals surface area contributed by atoms with Crippen LogP contribution in [-0.2, 0) is 17.6 Å². The molecule has 1 aromatic heterocycles. The van der Waals surface area contributed by atoms with E-state index in [0.29, 0.717) is 23.8 Å². The number of nitrogens with one attached hydrogen (secondary N) is 2. The molecule has 6 rings (SSSR count). The normalized spacial score (nSPS) is 30.7. The smallest absolute Gasteiger partial charge is 0.248 e. The summed E-state index contributed by atoms with van der Waals surface area (Å²) in [6.45, 7) is 11.4. The van der Waals surface area contributed by atoms with Crippen molar-refractivity contribution in [1.29, 1.82) is 5.26 Å². The number of anilines is 1. The Bertz CT molecular complexity index is 1210. The number of likely N-dealkylation sites (tertiary alicyclic amines) is 1. The van der Waals surface area contributed by atoms with Crippen LogP contribution in [0.15, 0.2) is 12.3 Å². The van der Waals surface area contributed by atoms with Crippen molar-refractivity contribution >= 4 is 11.7 Å². The van der Waals surface area contributed by atoms with Gasteiger partial charge in [-0.3, -0.25) is 15.6 Å². The van der Waals surface area contributed by atoms with Crippen LogP contribution < -0.4 is 15.8 Å². The minimum atomic E-state index is 0.0848. The number of hydrogen-bond acceptors (Lipinski definition) is 7. The van der Waals surface area contributed by atoms with Crippen LogP contribution in [-0.4, -0.2) is 73.6 Å². The number of hydrogen-bond donors (Lipinski definition) is 2. The summed E-state index contributed by atoms with van der Waals surface area (Å²) in [5.74, 6) is 2.41. The second-order valence-corrected chi connectivity index (χ2v) is 14.1. The van der Waals surface area contributed by atoms with Gasteiger partial charge in [0.2, 0.25) is 5.91 Å². The van der Waals surface area contributed by atoms with E-state index in [-0.39, 0.29) is 16.7 Å². The third kappa shape index (κ3) is 4.72. The van der Waals surface area contributed by atoms with Crippen molar-refractivity contribution < 1.29 is 4.79 Å². The number of carbonyl (C=O) groups excluding carboxylic acids is 1. The number of carbonyl (C=O) groups is 1. The predicted octanol–water partition coefficient (Wildman–Crippen LogP) is 3.19. The van der Waals surface area contributed by atoms with E-state index in [2.05, 4.69) is 42.6 Å². The lowest BCUT2D eigenvalue weighted by molar-refractivity contribution is -0.136. The Morgan fingerprint density at radius 1 is 1.21 bits per heavy atom. The van der Waals surface area contributed by atoms with Crippen LogP contribution in [0, 0.1) is 34.0 Å². The van der Waals surface area contributed by atoms with Crippen LogP contribution in [0.3, 0.4) is 0 Å². The fourth-order valence-electron chi connectivity index (χ4n) is 8.19. The van der Waals surface area contributed by atoms with E-state index in [1.165, 1.54) is 29.7 Å². The summed E-state index contributed by atoms with van der Waals surface area (Å²) in [5, 5.41) is 10.7. The van der Waals surface area contributed by atoms with Crippen molar-refractivity contribution in [3.8, 4) is 6.07 Å². The molecule has 1 saturated carbocycles.